The fourth-order valence-corrected chi connectivity index (χ4v) is 0.782. The molecule has 1 unspecified atom stereocenters. The van der Waals surface area contributed by atoms with Crippen LogP contribution in [0.2, 0.25) is 0 Å². The Hall–Kier alpha value is -0.690. The molecule has 1 atom stereocenters. The summed E-state index contributed by atoms with van der Waals surface area (Å²) in [5, 5.41) is 0. The molecule has 0 aliphatic carbocycles. The number of hydrogen-bond donors (Lipinski definition) is 1. The standard InChI is InChI=1S/C8H12F3N/c1-2-3-4-5-7(12)6-8(9,10)11/h7H,4-6,12H2,1H3. The molecule has 0 aromatic rings. The van der Waals surface area contributed by atoms with Crippen LogP contribution >= 0.6 is 0 Å². The van der Waals surface area contributed by atoms with Gasteiger partial charge in [-0.1, -0.05) is 0 Å². The molecule has 4 heteroatoms. The molecule has 0 heterocycles. The Kier molecular flexibility index (Phi) is 4.75. The summed E-state index contributed by atoms with van der Waals surface area (Å²) in [6.45, 7) is 1.65. The molecule has 0 amide bonds. The van der Waals surface area contributed by atoms with Crippen LogP contribution in [0.15, 0.2) is 0 Å². The molecule has 0 fully saturated rings. The summed E-state index contributed by atoms with van der Waals surface area (Å²) in [6.07, 6.45) is -4.33. The molecule has 1 nitrogen and oxygen atoms in total. The van der Waals surface area contributed by atoms with Crippen LogP contribution in [-0.4, -0.2) is 12.2 Å². The van der Waals surface area contributed by atoms with Crippen molar-refractivity contribution in [1.29, 1.82) is 0 Å². The van der Waals surface area contributed by atoms with Crippen LogP contribution < -0.4 is 5.73 Å². The van der Waals surface area contributed by atoms with Crippen molar-refractivity contribution in [3.05, 3.63) is 0 Å². The van der Waals surface area contributed by atoms with Crippen LogP contribution in [-0.2, 0) is 0 Å². The summed E-state index contributed by atoms with van der Waals surface area (Å²) in [6, 6.07) is -0.814. The van der Waals surface area contributed by atoms with Crippen molar-refractivity contribution >= 4 is 0 Å². The van der Waals surface area contributed by atoms with Gasteiger partial charge in [-0.25, -0.2) is 0 Å². The van der Waals surface area contributed by atoms with Gasteiger partial charge in [0.2, 0.25) is 0 Å². The zero-order valence-corrected chi connectivity index (χ0v) is 6.91. The van der Waals surface area contributed by atoms with E-state index < -0.39 is 18.6 Å². The molecule has 0 saturated heterocycles. The molecule has 12 heavy (non-hydrogen) atoms. The highest BCUT2D eigenvalue weighted by Gasteiger charge is 2.29. The molecule has 0 aromatic carbocycles. The Balaban J connectivity index is 3.57. The summed E-state index contributed by atoms with van der Waals surface area (Å²) in [7, 11) is 0. The van der Waals surface area contributed by atoms with E-state index in [1.807, 2.05) is 0 Å². The van der Waals surface area contributed by atoms with Crippen LogP contribution in [0.4, 0.5) is 13.2 Å². The second-order valence-corrected chi connectivity index (χ2v) is 2.54. The quantitative estimate of drug-likeness (QED) is 0.659. The maximum absolute atomic E-state index is 11.7. The van der Waals surface area contributed by atoms with E-state index in [1.165, 1.54) is 0 Å². The van der Waals surface area contributed by atoms with Gasteiger partial charge < -0.3 is 5.73 Å². The lowest BCUT2D eigenvalue weighted by Crippen LogP contribution is -2.27. The van der Waals surface area contributed by atoms with Gasteiger partial charge in [-0.15, -0.1) is 11.8 Å². The lowest BCUT2D eigenvalue weighted by Gasteiger charge is -2.11. The molecule has 0 aliphatic heterocycles. The number of nitrogens with two attached hydrogens (primary N) is 1. The van der Waals surface area contributed by atoms with Crippen molar-refractivity contribution in [3.8, 4) is 11.8 Å². The molecule has 0 aromatic heterocycles. The van der Waals surface area contributed by atoms with E-state index in [-0.39, 0.29) is 0 Å². The van der Waals surface area contributed by atoms with Crippen LogP contribution in [0.3, 0.4) is 0 Å². The minimum absolute atomic E-state index is 0.306. The van der Waals surface area contributed by atoms with Crippen LogP contribution in [0.1, 0.15) is 26.2 Å². The van der Waals surface area contributed by atoms with Crippen molar-refractivity contribution in [2.45, 2.75) is 38.4 Å². The van der Waals surface area contributed by atoms with Gasteiger partial charge in [0.1, 0.15) is 0 Å². The molecule has 0 bridgehead atoms. The monoisotopic (exact) mass is 179 g/mol. The lowest BCUT2D eigenvalue weighted by molar-refractivity contribution is -0.138. The number of halogens is 3. The number of hydrogen-bond acceptors (Lipinski definition) is 1. The van der Waals surface area contributed by atoms with E-state index in [4.69, 9.17) is 5.73 Å². The molecule has 0 saturated carbocycles. The topological polar surface area (TPSA) is 26.0 Å². The van der Waals surface area contributed by atoms with Gasteiger partial charge in [0.25, 0.3) is 0 Å². The average molecular weight is 179 g/mol. The Labute approximate surface area is 70.1 Å². The largest absolute Gasteiger partial charge is 0.390 e. The first-order valence-corrected chi connectivity index (χ1v) is 3.67. The Morgan fingerprint density at radius 2 is 2.00 bits per heavy atom. The van der Waals surface area contributed by atoms with E-state index >= 15 is 0 Å². The fraction of sp³-hybridized carbons (Fsp3) is 0.750. The molecule has 0 aliphatic rings. The Morgan fingerprint density at radius 3 is 2.42 bits per heavy atom. The first-order valence-electron chi connectivity index (χ1n) is 3.67. The smallest absolute Gasteiger partial charge is 0.327 e. The van der Waals surface area contributed by atoms with E-state index in [1.54, 1.807) is 6.92 Å². The van der Waals surface area contributed by atoms with Gasteiger partial charge >= 0.3 is 6.18 Å². The average Bonchev–Trinajstić information content (AvgIpc) is 1.84. The zero-order valence-electron chi connectivity index (χ0n) is 6.91. The molecule has 2 N–H and O–H groups in total. The summed E-state index contributed by atoms with van der Waals surface area (Å²) >= 11 is 0. The van der Waals surface area contributed by atoms with Crippen molar-refractivity contribution in [2.24, 2.45) is 5.73 Å². The van der Waals surface area contributed by atoms with Crippen molar-refractivity contribution < 1.29 is 13.2 Å². The summed E-state index contributed by atoms with van der Waals surface area (Å²) in [5.41, 5.74) is 5.21. The highest BCUT2D eigenvalue weighted by atomic mass is 19.4. The maximum atomic E-state index is 11.7. The normalized spacial score (nSPS) is 13.4. The number of rotatable bonds is 3. The zero-order chi connectivity index (χ0) is 9.61. The first kappa shape index (κ1) is 11.3. The van der Waals surface area contributed by atoms with Gasteiger partial charge in [0.15, 0.2) is 0 Å². The lowest BCUT2D eigenvalue weighted by atomic mass is 10.1. The Morgan fingerprint density at radius 1 is 1.42 bits per heavy atom. The van der Waals surface area contributed by atoms with Gasteiger partial charge in [0, 0.05) is 12.5 Å². The SMILES string of the molecule is CC#CCCC(N)CC(F)(F)F. The third-order valence-electron chi connectivity index (χ3n) is 1.31. The van der Waals surface area contributed by atoms with E-state index in [9.17, 15) is 13.2 Å². The van der Waals surface area contributed by atoms with Crippen LogP contribution in [0, 0.1) is 11.8 Å². The fourth-order valence-electron chi connectivity index (χ4n) is 0.782. The van der Waals surface area contributed by atoms with Crippen LogP contribution in [0.5, 0.6) is 0 Å². The predicted molar refractivity (Wildman–Crippen MR) is 41.3 cm³/mol. The first-order chi connectivity index (χ1) is 5.45. The second kappa shape index (κ2) is 5.04. The molecule has 0 spiro atoms. The summed E-state index contributed by atoms with van der Waals surface area (Å²) in [5.74, 6) is 5.27. The molecular formula is C8H12F3N. The van der Waals surface area contributed by atoms with Gasteiger partial charge in [-0.3, -0.25) is 0 Å². The summed E-state index contributed by atoms with van der Waals surface area (Å²) in [4.78, 5) is 0. The minimum Gasteiger partial charge on any atom is -0.327 e. The molecule has 0 rings (SSSR count). The predicted octanol–water partition coefficient (Wildman–Crippen LogP) is 2.07. The van der Waals surface area contributed by atoms with E-state index in [0.29, 0.717) is 12.8 Å². The van der Waals surface area contributed by atoms with Gasteiger partial charge in [0.05, 0.1) is 6.42 Å². The third kappa shape index (κ3) is 7.42. The third-order valence-corrected chi connectivity index (χ3v) is 1.31. The van der Waals surface area contributed by atoms with Crippen molar-refractivity contribution in [3.63, 3.8) is 0 Å². The van der Waals surface area contributed by atoms with Crippen molar-refractivity contribution in [1.82, 2.24) is 0 Å². The van der Waals surface area contributed by atoms with Gasteiger partial charge in [-0.05, 0) is 13.3 Å². The molecular weight excluding hydrogens is 167 g/mol. The Bertz CT molecular complexity index is 175. The molecule has 70 valence electrons. The highest BCUT2D eigenvalue weighted by Crippen LogP contribution is 2.21. The molecule has 0 radical (unpaired) electrons. The second-order valence-electron chi connectivity index (χ2n) is 2.54. The van der Waals surface area contributed by atoms with E-state index in [2.05, 4.69) is 11.8 Å². The van der Waals surface area contributed by atoms with Crippen molar-refractivity contribution in [2.75, 3.05) is 0 Å². The summed E-state index contributed by atoms with van der Waals surface area (Å²) < 4.78 is 35.1. The van der Waals surface area contributed by atoms with Gasteiger partial charge in [-0.2, -0.15) is 13.2 Å². The maximum Gasteiger partial charge on any atom is 0.390 e. The highest BCUT2D eigenvalue weighted by molar-refractivity contribution is 4.95. The van der Waals surface area contributed by atoms with E-state index in [0.717, 1.165) is 0 Å². The number of alkyl halides is 3. The van der Waals surface area contributed by atoms with Crippen LogP contribution in [0.25, 0.3) is 0 Å². The minimum atomic E-state index is -4.15.